The number of amides is 1. The van der Waals surface area contributed by atoms with Crippen LogP contribution >= 0.6 is 0 Å². The van der Waals surface area contributed by atoms with Gasteiger partial charge in [0.25, 0.3) is 0 Å². The van der Waals surface area contributed by atoms with Crippen LogP contribution in [0.2, 0.25) is 0 Å². The summed E-state index contributed by atoms with van der Waals surface area (Å²) >= 11 is 0. The number of aryl methyl sites for hydroxylation is 1. The lowest BCUT2D eigenvalue weighted by molar-refractivity contribution is -0.125. The first-order valence-corrected chi connectivity index (χ1v) is 9.71. The Bertz CT molecular complexity index is 519. The van der Waals surface area contributed by atoms with Crippen molar-refractivity contribution in [2.45, 2.75) is 64.8 Å². The SMILES string of the molecule is Cc1cc(CN2CCC[C@H](CNC(=O)C3CCCCCC3)C2)n[nH]1. The number of aromatic nitrogens is 2. The number of nitrogens with zero attached hydrogens (tertiary/aromatic N) is 2. The molecule has 1 atom stereocenters. The van der Waals surface area contributed by atoms with Crippen molar-refractivity contribution in [1.29, 1.82) is 0 Å². The largest absolute Gasteiger partial charge is 0.356 e. The van der Waals surface area contributed by atoms with Crippen molar-refractivity contribution in [1.82, 2.24) is 20.4 Å². The molecule has 134 valence electrons. The number of rotatable bonds is 5. The number of aromatic amines is 1. The van der Waals surface area contributed by atoms with Gasteiger partial charge in [0, 0.05) is 31.2 Å². The Kier molecular flexibility index (Phi) is 6.30. The number of carbonyl (C=O) groups excluding carboxylic acids is 1. The van der Waals surface area contributed by atoms with Crippen LogP contribution in [0.15, 0.2) is 6.07 Å². The number of likely N-dealkylation sites (tertiary alicyclic amines) is 1. The fourth-order valence-corrected chi connectivity index (χ4v) is 4.18. The molecule has 1 saturated heterocycles. The molecule has 24 heavy (non-hydrogen) atoms. The average molecular weight is 332 g/mol. The normalized spacial score (nSPS) is 23.8. The summed E-state index contributed by atoms with van der Waals surface area (Å²) in [5.74, 6) is 1.14. The van der Waals surface area contributed by atoms with Gasteiger partial charge in [-0.15, -0.1) is 0 Å². The standard InChI is InChI=1S/C19H32N4O/c1-15-11-18(22-21-15)14-23-10-6-7-16(13-23)12-20-19(24)17-8-4-2-3-5-9-17/h11,16-17H,2-10,12-14H2,1H3,(H,20,24)(H,21,22)/t16-/m1/s1. The van der Waals surface area contributed by atoms with Gasteiger partial charge in [0.2, 0.25) is 5.91 Å². The molecule has 2 N–H and O–H groups in total. The molecule has 1 amide bonds. The van der Waals surface area contributed by atoms with E-state index in [2.05, 4.69) is 26.5 Å². The molecule has 1 aliphatic carbocycles. The summed E-state index contributed by atoms with van der Waals surface area (Å²) in [5, 5.41) is 10.6. The van der Waals surface area contributed by atoms with E-state index >= 15 is 0 Å². The quantitative estimate of drug-likeness (QED) is 0.815. The molecule has 1 aliphatic heterocycles. The number of H-pyrrole nitrogens is 1. The Balaban J connectivity index is 1.42. The summed E-state index contributed by atoms with van der Waals surface area (Å²) < 4.78 is 0. The number of carbonyl (C=O) groups is 1. The summed E-state index contributed by atoms with van der Waals surface area (Å²) in [6.07, 6.45) is 9.65. The Hall–Kier alpha value is -1.36. The molecule has 1 aromatic rings. The van der Waals surface area contributed by atoms with E-state index in [1.807, 2.05) is 6.92 Å². The maximum atomic E-state index is 12.4. The van der Waals surface area contributed by atoms with E-state index in [1.54, 1.807) is 0 Å². The van der Waals surface area contributed by atoms with Crippen LogP contribution in [0.1, 0.15) is 62.8 Å². The maximum Gasteiger partial charge on any atom is 0.223 e. The van der Waals surface area contributed by atoms with Crippen LogP contribution in [-0.2, 0) is 11.3 Å². The van der Waals surface area contributed by atoms with Gasteiger partial charge in [-0.2, -0.15) is 5.10 Å². The first-order chi connectivity index (χ1) is 11.7. The van der Waals surface area contributed by atoms with Crippen molar-refractivity contribution >= 4 is 5.91 Å². The van der Waals surface area contributed by atoms with E-state index in [1.165, 1.54) is 38.5 Å². The summed E-state index contributed by atoms with van der Waals surface area (Å²) in [6, 6.07) is 2.12. The maximum absolute atomic E-state index is 12.4. The van der Waals surface area contributed by atoms with Gasteiger partial charge in [0.05, 0.1) is 5.69 Å². The number of piperidine rings is 1. The zero-order chi connectivity index (χ0) is 16.8. The lowest BCUT2D eigenvalue weighted by Crippen LogP contribution is -2.42. The minimum Gasteiger partial charge on any atom is -0.356 e. The zero-order valence-corrected chi connectivity index (χ0v) is 15.0. The minimum atomic E-state index is 0.263. The van der Waals surface area contributed by atoms with E-state index in [-0.39, 0.29) is 5.92 Å². The van der Waals surface area contributed by atoms with Crippen molar-refractivity contribution < 1.29 is 4.79 Å². The Morgan fingerprint density at radius 2 is 2.04 bits per heavy atom. The van der Waals surface area contributed by atoms with E-state index in [9.17, 15) is 4.79 Å². The highest BCUT2D eigenvalue weighted by Crippen LogP contribution is 2.23. The second-order valence-electron chi connectivity index (χ2n) is 7.72. The fourth-order valence-electron chi connectivity index (χ4n) is 4.18. The lowest BCUT2D eigenvalue weighted by Gasteiger charge is -2.32. The molecule has 1 saturated carbocycles. The van der Waals surface area contributed by atoms with Gasteiger partial charge in [-0.1, -0.05) is 25.7 Å². The van der Waals surface area contributed by atoms with Gasteiger partial charge in [-0.3, -0.25) is 14.8 Å². The third-order valence-corrected chi connectivity index (χ3v) is 5.54. The van der Waals surface area contributed by atoms with Gasteiger partial charge in [0.15, 0.2) is 0 Å². The van der Waals surface area contributed by atoms with Crippen molar-refractivity contribution in [2.24, 2.45) is 11.8 Å². The molecular formula is C19H32N4O. The van der Waals surface area contributed by atoms with Crippen molar-refractivity contribution in [3.63, 3.8) is 0 Å². The van der Waals surface area contributed by atoms with Gasteiger partial charge in [-0.25, -0.2) is 0 Å². The fraction of sp³-hybridized carbons (Fsp3) is 0.789. The summed E-state index contributed by atoms with van der Waals surface area (Å²) in [7, 11) is 0. The topological polar surface area (TPSA) is 61.0 Å². The second kappa shape index (κ2) is 8.65. The van der Waals surface area contributed by atoms with Crippen molar-refractivity contribution in [2.75, 3.05) is 19.6 Å². The molecule has 1 aromatic heterocycles. The van der Waals surface area contributed by atoms with Gasteiger partial charge < -0.3 is 5.32 Å². The predicted octanol–water partition coefficient (Wildman–Crippen LogP) is 3.02. The Morgan fingerprint density at radius 3 is 2.75 bits per heavy atom. The van der Waals surface area contributed by atoms with E-state index in [0.29, 0.717) is 11.8 Å². The molecule has 2 heterocycles. The van der Waals surface area contributed by atoms with Crippen molar-refractivity contribution in [3.05, 3.63) is 17.5 Å². The van der Waals surface area contributed by atoms with Gasteiger partial charge in [-0.05, 0) is 51.1 Å². The predicted molar refractivity (Wildman–Crippen MR) is 95.5 cm³/mol. The van der Waals surface area contributed by atoms with E-state index < -0.39 is 0 Å². The third-order valence-electron chi connectivity index (χ3n) is 5.54. The highest BCUT2D eigenvalue weighted by Gasteiger charge is 2.24. The number of hydrogen-bond acceptors (Lipinski definition) is 3. The molecule has 2 fully saturated rings. The second-order valence-corrected chi connectivity index (χ2v) is 7.72. The summed E-state index contributed by atoms with van der Waals surface area (Å²) in [6.45, 7) is 6.00. The molecule has 0 spiro atoms. The molecule has 0 bridgehead atoms. The van der Waals surface area contributed by atoms with Crippen LogP contribution in [0.4, 0.5) is 0 Å². The van der Waals surface area contributed by atoms with Crippen LogP contribution in [0.3, 0.4) is 0 Å². The molecule has 5 heteroatoms. The smallest absolute Gasteiger partial charge is 0.223 e. The Morgan fingerprint density at radius 1 is 1.25 bits per heavy atom. The molecule has 5 nitrogen and oxygen atoms in total. The monoisotopic (exact) mass is 332 g/mol. The minimum absolute atomic E-state index is 0.263. The Labute approximate surface area is 145 Å². The summed E-state index contributed by atoms with van der Waals surface area (Å²) in [4.78, 5) is 14.9. The molecule has 3 rings (SSSR count). The number of nitrogens with one attached hydrogen (secondary N) is 2. The van der Waals surface area contributed by atoms with Gasteiger partial charge >= 0.3 is 0 Å². The molecule has 0 unspecified atom stereocenters. The van der Waals surface area contributed by atoms with Crippen LogP contribution < -0.4 is 5.32 Å². The average Bonchev–Trinajstić information content (AvgIpc) is 2.84. The van der Waals surface area contributed by atoms with Crippen LogP contribution in [0.5, 0.6) is 0 Å². The zero-order valence-electron chi connectivity index (χ0n) is 15.0. The molecular weight excluding hydrogens is 300 g/mol. The molecule has 0 radical (unpaired) electrons. The van der Waals surface area contributed by atoms with Crippen LogP contribution in [0, 0.1) is 18.8 Å². The highest BCUT2D eigenvalue weighted by atomic mass is 16.1. The molecule has 2 aliphatic rings. The third kappa shape index (κ3) is 5.07. The first kappa shape index (κ1) is 17.5. The van der Waals surface area contributed by atoms with Crippen LogP contribution in [-0.4, -0.2) is 40.6 Å². The highest BCUT2D eigenvalue weighted by molar-refractivity contribution is 5.78. The molecule has 0 aromatic carbocycles. The summed E-state index contributed by atoms with van der Waals surface area (Å²) in [5.41, 5.74) is 2.24. The lowest BCUT2D eigenvalue weighted by atomic mass is 9.96. The van der Waals surface area contributed by atoms with Crippen molar-refractivity contribution in [3.8, 4) is 0 Å². The first-order valence-electron chi connectivity index (χ1n) is 9.71. The number of hydrogen-bond donors (Lipinski definition) is 2. The van der Waals surface area contributed by atoms with Gasteiger partial charge in [0.1, 0.15) is 0 Å². The van der Waals surface area contributed by atoms with E-state index in [0.717, 1.165) is 50.4 Å². The van der Waals surface area contributed by atoms with E-state index in [4.69, 9.17) is 0 Å². The van der Waals surface area contributed by atoms with Crippen LogP contribution in [0.25, 0.3) is 0 Å².